The van der Waals surface area contributed by atoms with Gasteiger partial charge in [-0.1, -0.05) is 48.2 Å². The third-order valence-corrected chi connectivity index (χ3v) is 6.52. The van der Waals surface area contributed by atoms with Crippen LogP contribution < -0.4 is 5.32 Å². The van der Waals surface area contributed by atoms with Gasteiger partial charge in [0.2, 0.25) is 0 Å². The highest BCUT2D eigenvalue weighted by Gasteiger charge is 2.14. The third kappa shape index (κ3) is 5.38. The molecule has 8 heteroatoms. The van der Waals surface area contributed by atoms with Crippen molar-refractivity contribution in [2.45, 2.75) is 24.0 Å². The number of pyridine rings is 2. The van der Waals surface area contributed by atoms with Gasteiger partial charge < -0.3 is 5.32 Å². The van der Waals surface area contributed by atoms with Crippen molar-refractivity contribution in [2.24, 2.45) is 0 Å². The van der Waals surface area contributed by atoms with Crippen LogP contribution in [-0.2, 0) is 18.8 Å². The van der Waals surface area contributed by atoms with Crippen molar-refractivity contribution in [1.29, 1.82) is 0 Å². The summed E-state index contributed by atoms with van der Waals surface area (Å²) >= 11 is 1.47. The quantitative estimate of drug-likeness (QED) is 0.306. The van der Waals surface area contributed by atoms with E-state index in [-0.39, 0.29) is 11.7 Å². The van der Waals surface area contributed by atoms with E-state index in [0.717, 1.165) is 27.6 Å². The van der Waals surface area contributed by atoms with Gasteiger partial charge in [0.25, 0.3) is 5.91 Å². The standard InChI is InChI=1S/C27H22FN5OS/c28-23-8-2-1-6-21(23)18-35-27-32-24-9-5-15-30-25(24)33(27)17-19-10-12-20(13-11-19)26(34)31-16-22-7-3-4-14-29-22/h1-15H,16-18H2,(H,31,34). The molecule has 0 aliphatic rings. The third-order valence-electron chi connectivity index (χ3n) is 5.50. The van der Waals surface area contributed by atoms with E-state index in [2.05, 4.69) is 15.3 Å². The van der Waals surface area contributed by atoms with Crippen molar-refractivity contribution in [3.8, 4) is 0 Å². The van der Waals surface area contributed by atoms with E-state index in [4.69, 9.17) is 4.98 Å². The summed E-state index contributed by atoms with van der Waals surface area (Å²) in [7, 11) is 0. The summed E-state index contributed by atoms with van der Waals surface area (Å²) in [5.74, 6) is 0.0848. The number of fused-ring (bicyclic) bond motifs is 1. The normalized spacial score (nSPS) is 11.0. The molecule has 0 radical (unpaired) electrons. The molecule has 0 saturated carbocycles. The Labute approximate surface area is 206 Å². The number of amides is 1. The first-order valence-corrected chi connectivity index (χ1v) is 12.1. The minimum Gasteiger partial charge on any atom is -0.346 e. The molecule has 3 heterocycles. The van der Waals surface area contributed by atoms with Crippen LogP contribution in [0.1, 0.15) is 27.2 Å². The van der Waals surface area contributed by atoms with Gasteiger partial charge in [0.15, 0.2) is 10.8 Å². The van der Waals surface area contributed by atoms with Gasteiger partial charge in [0.05, 0.1) is 18.8 Å². The summed E-state index contributed by atoms with van der Waals surface area (Å²) in [6, 6.07) is 23.6. The van der Waals surface area contributed by atoms with Gasteiger partial charge in [-0.15, -0.1) is 0 Å². The number of hydrogen-bond acceptors (Lipinski definition) is 5. The Bertz CT molecular complexity index is 1450. The highest BCUT2D eigenvalue weighted by atomic mass is 32.2. The van der Waals surface area contributed by atoms with E-state index in [1.54, 1.807) is 24.5 Å². The molecule has 0 saturated heterocycles. The SMILES string of the molecule is O=C(NCc1ccccn1)c1ccc(Cn2c(SCc3ccccc3F)nc3cccnc32)cc1. The topological polar surface area (TPSA) is 72.7 Å². The van der Waals surface area contributed by atoms with Gasteiger partial charge >= 0.3 is 0 Å². The van der Waals surface area contributed by atoms with Gasteiger partial charge in [0, 0.05) is 23.7 Å². The Hall–Kier alpha value is -4.04. The molecule has 5 rings (SSSR count). The van der Waals surface area contributed by atoms with Gasteiger partial charge in [-0.05, 0) is 53.6 Å². The number of aromatic nitrogens is 4. The lowest BCUT2D eigenvalue weighted by atomic mass is 10.1. The fourth-order valence-electron chi connectivity index (χ4n) is 3.67. The second-order valence-electron chi connectivity index (χ2n) is 7.91. The molecule has 0 bridgehead atoms. The van der Waals surface area contributed by atoms with Gasteiger partial charge in [-0.3, -0.25) is 14.3 Å². The Balaban J connectivity index is 1.32. The zero-order chi connectivity index (χ0) is 24.0. The summed E-state index contributed by atoms with van der Waals surface area (Å²) in [4.78, 5) is 26.0. The van der Waals surface area contributed by atoms with Crippen LogP contribution in [0.2, 0.25) is 0 Å². The van der Waals surface area contributed by atoms with Crippen LogP contribution in [0.4, 0.5) is 4.39 Å². The highest BCUT2D eigenvalue weighted by molar-refractivity contribution is 7.98. The van der Waals surface area contributed by atoms with Crippen molar-refractivity contribution in [3.05, 3.63) is 119 Å². The lowest BCUT2D eigenvalue weighted by molar-refractivity contribution is 0.0950. The van der Waals surface area contributed by atoms with Crippen molar-refractivity contribution in [1.82, 2.24) is 24.8 Å². The molecule has 0 unspecified atom stereocenters. The first kappa shape index (κ1) is 22.7. The summed E-state index contributed by atoms with van der Waals surface area (Å²) in [5.41, 5.74) is 4.56. The maximum absolute atomic E-state index is 14.1. The van der Waals surface area contributed by atoms with Gasteiger partial charge in [-0.2, -0.15) is 0 Å². The molecule has 3 aromatic heterocycles. The second-order valence-corrected chi connectivity index (χ2v) is 8.85. The van der Waals surface area contributed by atoms with Gasteiger partial charge in [0.1, 0.15) is 11.3 Å². The van der Waals surface area contributed by atoms with Crippen LogP contribution in [0.25, 0.3) is 11.2 Å². The van der Waals surface area contributed by atoms with Crippen LogP contribution in [0.15, 0.2) is 96.4 Å². The molecule has 0 aliphatic heterocycles. The number of nitrogens with one attached hydrogen (secondary N) is 1. The zero-order valence-electron chi connectivity index (χ0n) is 18.8. The van der Waals surface area contributed by atoms with E-state index < -0.39 is 0 Å². The fourth-order valence-corrected chi connectivity index (χ4v) is 4.66. The number of rotatable bonds is 8. The highest BCUT2D eigenvalue weighted by Crippen LogP contribution is 2.27. The number of benzene rings is 2. The molecule has 2 aromatic carbocycles. The van der Waals surface area contributed by atoms with Crippen LogP contribution >= 0.6 is 11.8 Å². The Kier molecular flexibility index (Phi) is 6.81. The van der Waals surface area contributed by atoms with E-state index >= 15 is 0 Å². The number of carbonyl (C=O) groups is 1. The van der Waals surface area contributed by atoms with Gasteiger partial charge in [-0.25, -0.2) is 14.4 Å². The van der Waals surface area contributed by atoms with Crippen LogP contribution in [0.3, 0.4) is 0 Å². The minimum absolute atomic E-state index is 0.155. The maximum atomic E-state index is 14.1. The average molecular weight is 484 g/mol. The van der Waals surface area contributed by atoms with Crippen molar-refractivity contribution in [2.75, 3.05) is 0 Å². The first-order valence-electron chi connectivity index (χ1n) is 11.1. The molecule has 0 spiro atoms. The van der Waals surface area contributed by atoms with E-state index in [1.165, 1.54) is 17.8 Å². The second kappa shape index (κ2) is 10.5. The largest absolute Gasteiger partial charge is 0.346 e. The van der Waals surface area contributed by atoms with E-state index in [9.17, 15) is 9.18 Å². The lowest BCUT2D eigenvalue weighted by Gasteiger charge is -2.10. The zero-order valence-corrected chi connectivity index (χ0v) is 19.6. The number of thioether (sulfide) groups is 1. The van der Waals surface area contributed by atoms with Crippen molar-refractivity contribution < 1.29 is 9.18 Å². The number of hydrogen-bond donors (Lipinski definition) is 1. The molecular weight excluding hydrogens is 461 g/mol. The maximum Gasteiger partial charge on any atom is 0.251 e. The first-order chi connectivity index (χ1) is 17.2. The molecule has 0 fully saturated rings. The monoisotopic (exact) mass is 483 g/mol. The molecule has 35 heavy (non-hydrogen) atoms. The van der Waals surface area contributed by atoms with Crippen molar-refractivity contribution in [3.63, 3.8) is 0 Å². The van der Waals surface area contributed by atoms with E-state index in [0.29, 0.717) is 30.0 Å². The summed E-state index contributed by atoms with van der Waals surface area (Å²) in [6.07, 6.45) is 3.44. The smallest absolute Gasteiger partial charge is 0.251 e. The lowest BCUT2D eigenvalue weighted by Crippen LogP contribution is -2.23. The Morgan fingerprint density at radius 2 is 1.71 bits per heavy atom. The van der Waals surface area contributed by atoms with Crippen LogP contribution in [0, 0.1) is 5.82 Å². The number of halogens is 1. The molecule has 0 atom stereocenters. The summed E-state index contributed by atoms with van der Waals surface area (Å²) in [5, 5.41) is 3.65. The number of carbonyl (C=O) groups excluding carboxylic acids is 1. The van der Waals surface area contributed by atoms with Crippen LogP contribution in [0.5, 0.6) is 0 Å². The molecule has 1 N–H and O–H groups in total. The fraction of sp³-hybridized carbons (Fsp3) is 0.111. The predicted octanol–water partition coefficient (Wildman–Crippen LogP) is 5.24. The summed E-state index contributed by atoms with van der Waals surface area (Å²) in [6.45, 7) is 0.902. The Morgan fingerprint density at radius 3 is 2.51 bits per heavy atom. The molecule has 5 aromatic rings. The number of imidazole rings is 1. The van der Waals surface area contributed by atoms with Crippen molar-refractivity contribution >= 4 is 28.8 Å². The molecule has 174 valence electrons. The van der Waals surface area contributed by atoms with E-state index in [1.807, 2.05) is 65.2 Å². The minimum atomic E-state index is -0.224. The molecule has 6 nitrogen and oxygen atoms in total. The molecule has 0 aliphatic carbocycles. The molecular formula is C27H22FN5OS. The average Bonchev–Trinajstić information content (AvgIpc) is 3.25. The van der Waals surface area contributed by atoms with Crippen LogP contribution in [-0.4, -0.2) is 25.4 Å². The predicted molar refractivity (Wildman–Crippen MR) is 134 cm³/mol. The summed E-state index contributed by atoms with van der Waals surface area (Å²) < 4.78 is 16.1. The number of nitrogens with zero attached hydrogens (tertiary/aromatic N) is 4. The molecule has 1 amide bonds. The Morgan fingerprint density at radius 1 is 0.914 bits per heavy atom.